The Hall–Kier alpha value is -0.570. The molecule has 0 atom stereocenters. The van der Waals surface area contributed by atoms with E-state index in [-0.39, 0.29) is 6.42 Å². The molecule has 0 spiro atoms. The van der Waals surface area contributed by atoms with Gasteiger partial charge in [-0.25, -0.2) is 0 Å². The smallest absolute Gasteiger partial charge is 0.0737 e. The molecular formula is C13H29NO2. The summed E-state index contributed by atoms with van der Waals surface area (Å²) in [6.45, 7) is 5.38. The monoisotopic (exact) mass is 231 g/mol. The topological polar surface area (TPSA) is 67.8 Å². The van der Waals surface area contributed by atoms with Crippen molar-refractivity contribution < 1.29 is 15.6 Å². The Bertz CT molecular complexity index is 136. The summed E-state index contributed by atoms with van der Waals surface area (Å²) in [6.07, 6.45) is 9.55. The quantitative estimate of drug-likeness (QED) is 0.611. The van der Waals surface area contributed by atoms with E-state index in [1.807, 2.05) is 0 Å². The third kappa shape index (κ3) is 23.3. The van der Waals surface area contributed by atoms with Gasteiger partial charge in [0.25, 0.3) is 0 Å². The summed E-state index contributed by atoms with van der Waals surface area (Å²) in [7, 11) is 0. The van der Waals surface area contributed by atoms with E-state index in [0.717, 1.165) is 19.4 Å². The number of unbranched alkanes of at least 4 members (excludes halogenated alkanes) is 6. The number of aliphatic carboxylic acids is 1. The van der Waals surface area contributed by atoms with E-state index in [0.29, 0.717) is 0 Å². The van der Waals surface area contributed by atoms with Crippen LogP contribution in [-0.4, -0.2) is 12.5 Å². The second-order valence-electron chi connectivity index (χ2n) is 4.10. The SMILES string of the molecule is CCCCCCCCCC(=O)[O-].CCC[NH3+]. The van der Waals surface area contributed by atoms with Crippen molar-refractivity contribution >= 4 is 5.97 Å². The van der Waals surface area contributed by atoms with Crippen LogP contribution in [0.1, 0.15) is 71.6 Å². The number of quaternary nitrogens is 1. The number of hydrogen-bond donors (Lipinski definition) is 1. The molecule has 3 N–H and O–H groups in total. The summed E-state index contributed by atoms with van der Waals surface area (Å²) < 4.78 is 0. The molecule has 0 aliphatic carbocycles. The maximum Gasteiger partial charge on any atom is 0.0737 e. The van der Waals surface area contributed by atoms with Crippen molar-refractivity contribution in [3.8, 4) is 0 Å². The van der Waals surface area contributed by atoms with Gasteiger partial charge in [-0.05, 0) is 19.3 Å². The van der Waals surface area contributed by atoms with E-state index in [4.69, 9.17) is 0 Å². The van der Waals surface area contributed by atoms with Gasteiger partial charge in [0, 0.05) is 5.97 Å². The van der Waals surface area contributed by atoms with Gasteiger partial charge in [-0.3, -0.25) is 0 Å². The molecule has 0 aromatic heterocycles. The van der Waals surface area contributed by atoms with Crippen molar-refractivity contribution in [2.24, 2.45) is 0 Å². The molecule has 3 nitrogen and oxygen atoms in total. The number of carbonyl (C=O) groups excluding carboxylic acids is 1. The largest absolute Gasteiger partial charge is 0.550 e. The summed E-state index contributed by atoms with van der Waals surface area (Å²) in [4.78, 5) is 10.0. The number of hydrogen-bond acceptors (Lipinski definition) is 2. The van der Waals surface area contributed by atoms with Crippen LogP contribution in [0.5, 0.6) is 0 Å². The lowest BCUT2D eigenvalue weighted by Gasteiger charge is -2.01. The highest BCUT2D eigenvalue weighted by Gasteiger charge is 1.90. The summed E-state index contributed by atoms with van der Waals surface area (Å²) in [5.74, 6) is -0.913. The molecule has 3 heteroatoms. The zero-order valence-corrected chi connectivity index (χ0v) is 11.1. The Balaban J connectivity index is 0. The molecule has 0 aromatic rings. The van der Waals surface area contributed by atoms with Gasteiger partial charge in [0.1, 0.15) is 0 Å². The van der Waals surface area contributed by atoms with Crippen molar-refractivity contribution in [1.82, 2.24) is 0 Å². The third-order valence-electron chi connectivity index (χ3n) is 2.34. The van der Waals surface area contributed by atoms with Crippen LogP contribution in [0.15, 0.2) is 0 Å². The zero-order valence-electron chi connectivity index (χ0n) is 11.1. The van der Waals surface area contributed by atoms with Crippen molar-refractivity contribution in [1.29, 1.82) is 0 Å². The first kappa shape index (κ1) is 17.8. The summed E-state index contributed by atoms with van der Waals surface area (Å²) >= 11 is 0. The maximum atomic E-state index is 10.0. The first-order valence-electron chi connectivity index (χ1n) is 6.68. The maximum absolute atomic E-state index is 10.0. The molecule has 0 saturated heterocycles. The van der Waals surface area contributed by atoms with Crippen molar-refractivity contribution in [2.75, 3.05) is 6.54 Å². The van der Waals surface area contributed by atoms with Crippen LogP contribution >= 0.6 is 0 Å². The minimum atomic E-state index is -0.913. The van der Waals surface area contributed by atoms with E-state index in [1.165, 1.54) is 38.5 Å². The van der Waals surface area contributed by atoms with Crippen LogP contribution in [0.3, 0.4) is 0 Å². The fourth-order valence-corrected chi connectivity index (χ4v) is 1.23. The molecule has 0 aromatic carbocycles. The molecular weight excluding hydrogens is 202 g/mol. The Morgan fingerprint density at radius 3 is 1.75 bits per heavy atom. The second-order valence-corrected chi connectivity index (χ2v) is 4.10. The molecule has 0 unspecified atom stereocenters. The summed E-state index contributed by atoms with van der Waals surface area (Å²) in [5.41, 5.74) is 3.60. The Morgan fingerprint density at radius 1 is 0.938 bits per heavy atom. The first-order chi connectivity index (χ1) is 7.68. The minimum Gasteiger partial charge on any atom is -0.550 e. The molecule has 0 saturated carbocycles. The average molecular weight is 231 g/mol. The molecule has 0 aliphatic heterocycles. The van der Waals surface area contributed by atoms with E-state index in [1.54, 1.807) is 0 Å². The van der Waals surface area contributed by atoms with Gasteiger partial charge < -0.3 is 15.6 Å². The molecule has 0 fully saturated rings. The predicted molar refractivity (Wildman–Crippen MR) is 65.7 cm³/mol. The number of rotatable bonds is 9. The van der Waals surface area contributed by atoms with Crippen LogP contribution < -0.4 is 10.8 Å². The number of carboxylic acids is 1. The highest BCUT2D eigenvalue weighted by molar-refractivity contribution is 5.63. The Labute approximate surface area is 100 Å². The Kier molecular flexibility index (Phi) is 18.8. The number of carbonyl (C=O) groups is 1. The second kappa shape index (κ2) is 16.8. The first-order valence-corrected chi connectivity index (χ1v) is 6.68. The van der Waals surface area contributed by atoms with Crippen LogP contribution in [0.25, 0.3) is 0 Å². The van der Waals surface area contributed by atoms with Crippen molar-refractivity contribution in [2.45, 2.75) is 71.6 Å². The summed E-state index contributed by atoms with van der Waals surface area (Å²) in [6, 6.07) is 0. The highest BCUT2D eigenvalue weighted by atomic mass is 16.4. The van der Waals surface area contributed by atoms with E-state index >= 15 is 0 Å². The van der Waals surface area contributed by atoms with Gasteiger partial charge in [0.05, 0.1) is 6.54 Å². The fraction of sp³-hybridized carbons (Fsp3) is 0.923. The Morgan fingerprint density at radius 2 is 1.38 bits per heavy atom. The van der Waals surface area contributed by atoms with E-state index in [9.17, 15) is 9.90 Å². The lowest BCUT2D eigenvalue weighted by atomic mass is 10.1. The fourth-order valence-electron chi connectivity index (χ4n) is 1.23. The number of carboxylic acid groups (broad SMARTS) is 1. The standard InChI is InChI=1S/C10H20O2.C3H9N/c1-2-3-4-5-6-7-8-9-10(11)12;1-2-3-4/h2-9H2,1H3,(H,11,12);2-4H2,1H3. The van der Waals surface area contributed by atoms with Crippen LogP contribution in [-0.2, 0) is 4.79 Å². The van der Waals surface area contributed by atoms with Gasteiger partial charge >= 0.3 is 0 Å². The zero-order chi connectivity index (χ0) is 12.6. The molecule has 0 rings (SSSR count). The van der Waals surface area contributed by atoms with Gasteiger partial charge in [-0.1, -0.05) is 52.4 Å². The lowest BCUT2D eigenvalue weighted by molar-refractivity contribution is -0.367. The molecule has 98 valence electrons. The molecule has 0 radical (unpaired) electrons. The van der Waals surface area contributed by atoms with Crippen LogP contribution in [0.2, 0.25) is 0 Å². The van der Waals surface area contributed by atoms with E-state index in [2.05, 4.69) is 19.6 Å². The molecule has 0 heterocycles. The molecule has 16 heavy (non-hydrogen) atoms. The van der Waals surface area contributed by atoms with Crippen LogP contribution in [0, 0.1) is 0 Å². The third-order valence-corrected chi connectivity index (χ3v) is 2.34. The normalized spacial score (nSPS) is 9.44. The van der Waals surface area contributed by atoms with Gasteiger partial charge in [-0.15, -0.1) is 0 Å². The van der Waals surface area contributed by atoms with Gasteiger partial charge in [-0.2, -0.15) is 0 Å². The van der Waals surface area contributed by atoms with Crippen LogP contribution in [0.4, 0.5) is 0 Å². The highest BCUT2D eigenvalue weighted by Crippen LogP contribution is 2.07. The molecule has 0 amide bonds. The van der Waals surface area contributed by atoms with Gasteiger partial charge in [0.15, 0.2) is 0 Å². The minimum absolute atomic E-state index is 0.230. The molecule has 0 aliphatic rings. The average Bonchev–Trinajstić information content (AvgIpc) is 2.28. The summed E-state index contributed by atoms with van der Waals surface area (Å²) in [5, 5.41) is 10.0. The lowest BCUT2D eigenvalue weighted by Crippen LogP contribution is -2.49. The van der Waals surface area contributed by atoms with Crippen molar-refractivity contribution in [3.05, 3.63) is 0 Å². The van der Waals surface area contributed by atoms with Crippen molar-refractivity contribution in [3.63, 3.8) is 0 Å². The predicted octanol–water partition coefficient (Wildman–Crippen LogP) is 1.52. The van der Waals surface area contributed by atoms with E-state index < -0.39 is 5.97 Å². The van der Waals surface area contributed by atoms with Gasteiger partial charge in [0.2, 0.25) is 0 Å². The molecule has 0 bridgehead atoms.